The first-order valence-electron chi connectivity index (χ1n) is 6.04. The van der Waals surface area contributed by atoms with E-state index in [0.29, 0.717) is 24.5 Å². The smallest absolute Gasteiger partial charge is 0.132 e. The quantitative estimate of drug-likeness (QED) is 0.775. The number of rotatable bonds is 4. The molecule has 2 heteroatoms. The van der Waals surface area contributed by atoms with Gasteiger partial charge in [0.15, 0.2) is 0 Å². The molecule has 0 aliphatic carbocycles. The normalized spacial score (nSPS) is 18.7. The SMILES string of the molecule is CCC(=O)CCC1CCOc2ccccc21. The van der Waals surface area contributed by atoms with Crippen LogP contribution in [0.4, 0.5) is 0 Å². The van der Waals surface area contributed by atoms with Crippen LogP contribution in [0, 0.1) is 0 Å². The van der Waals surface area contributed by atoms with Gasteiger partial charge in [-0.2, -0.15) is 0 Å². The molecule has 0 radical (unpaired) electrons. The van der Waals surface area contributed by atoms with Gasteiger partial charge in [-0.1, -0.05) is 25.1 Å². The van der Waals surface area contributed by atoms with Crippen LogP contribution >= 0.6 is 0 Å². The van der Waals surface area contributed by atoms with Gasteiger partial charge in [-0.15, -0.1) is 0 Å². The Morgan fingerprint density at radius 2 is 2.25 bits per heavy atom. The Kier molecular flexibility index (Phi) is 3.60. The number of ketones is 1. The number of Topliss-reactive ketones (excluding diaryl/α,β-unsaturated/α-hetero) is 1. The Morgan fingerprint density at radius 1 is 1.44 bits per heavy atom. The third kappa shape index (κ3) is 2.43. The van der Waals surface area contributed by atoms with Crippen molar-refractivity contribution in [3.05, 3.63) is 29.8 Å². The molecule has 0 saturated carbocycles. The summed E-state index contributed by atoms with van der Waals surface area (Å²) < 4.78 is 5.60. The van der Waals surface area contributed by atoms with Gasteiger partial charge in [0.1, 0.15) is 11.5 Å². The molecule has 1 aromatic carbocycles. The van der Waals surface area contributed by atoms with Crippen LogP contribution in [0.5, 0.6) is 5.75 Å². The summed E-state index contributed by atoms with van der Waals surface area (Å²) in [4.78, 5) is 11.3. The van der Waals surface area contributed by atoms with E-state index in [-0.39, 0.29) is 0 Å². The number of carbonyl (C=O) groups is 1. The summed E-state index contributed by atoms with van der Waals surface area (Å²) in [7, 11) is 0. The lowest BCUT2D eigenvalue weighted by Gasteiger charge is -2.25. The van der Waals surface area contributed by atoms with Crippen molar-refractivity contribution in [3.63, 3.8) is 0 Å². The maximum atomic E-state index is 11.3. The van der Waals surface area contributed by atoms with Gasteiger partial charge in [-0.25, -0.2) is 0 Å². The van der Waals surface area contributed by atoms with Gasteiger partial charge < -0.3 is 4.74 Å². The number of ether oxygens (including phenoxy) is 1. The van der Waals surface area contributed by atoms with Gasteiger partial charge in [0.25, 0.3) is 0 Å². The first-order chi connectivity index (χ1) is 7.81. The van der Waals surface area contributed by atoms with Crippen molar-refractivity contribution < 1.29 is 9.53 Å². The Bertz CT molecular complexity index is 371. The second-order valence-electron chi connectivity index (χ2n) is 4.30. The molecule has 0 spiro atoms. The average Bonchev–Trinajstić information content (AvgIpc) is 2.35. The predicted molar refractivity (Wildman–Crippen MR) is 63.8 cm³/mol. The van der Waals surface area contributed by atoms with Crippen molar-refractivity contribution in [1.29, 1.82) is 0 Å². The fourth-order valence-corrected chi connectivity index (χ4v) is 2.23. The number of benzene rings is 1. The Balaban J connectivity index is 2.04. The molecule has 0 fully saturated rings. The minimum absolute atomic E-state index is 0.365. The van der Waals surface area contributed by atoms with Gasteiger partial charge in [-0.05, 0) is 30.4 Å². The van der Waals surface area contributed by atoms with Crippen molar-refractivity contribution in [2.24, 2.45) is 0 Å². The number of hydrogen-bond acceptors (Lipinski definition) is 2. The van der Waals surface area contributed by atoms with Crippen molar-refractivity contribution in [2.45, 2.75) is 38.5 Å². The predicted octanol–water partition coefficient (Wildman–Crippen LogP) is 3.31. The minimum atomic E-state index is 0.365. The van der Waals surface area contributed by atoms with Crippen molar-refractivity contribution in [3.8, 4) is 5.75 Å². The van der Waals surface area contributed by atoms with E-state index in [2.05, 4.69) is 6.07 Å². The Labute approximate surface area is 96.6 Å². The van der Waals surface area contributed by atoms with E-state index in [9.17, 15) is 4.79 Å². The van der Waals surface area contributed by atoms with Crippen molar-refractivity contribution >= 4 is 5.78 Å². The monoisotopic (exact) mass is 218 g/mol. The molecule has 1 aromatic rings. The minimum Gasteiger partial charge on any atom is -0.493 e. The number of carbonyl (C=O) groups excluding carboxylic acids is 1. The van der Waals surface area contributed by atoms with Gasteiger partial charge in [0, 0.05) is 12.8 Å². The van der Waals surface area contributed by atoms with Gasteiger partial charge in [0.2, 0.25) is 0 Å². The summed E-state index contributed by atoms with van der Waals surface area (Å²) in [5.41, 5.74) is 1.28. The van der Waals surface area contributed by atoms with E-state index in [1.807, 2.05) is 25.1 Å². The van der Waals surface area contributed by atoms with Crippen LogP contribution in [0.15, 0.2) is 24.3 Å². The van der Waals surface area contributed by atoms with Crippen LogP contribution in [-0.2, 0) is 4.79 Å². The second kappa shape index (κ2) is 5.15. The molecule has 1 aliphatic heterocycles. The van der Waals surface area contributed by atoms with Crippen LogP contribution in [-0.4, -0.2) is 12.4 Å². The second-order valence-corrected chi connectivity index (χ2v) is 4.30. The lowest BCUT2D eigenvalue weighted by atomic mass is 9.88. The van der Waals surface area contributed by atoms with E-state index in [0.717, 1.165) is 25.2 Å². The van der Waals surface area contributed by atoms with Crippen LogP contribution in [0.1, 0.15) is 44.1 Å². The zero-order chi connectivity index (χ0) is 11.4. The van der Waals surface area contributed by atoms with Gasteiger partial charge >= 0.3 is 0 Å². The van der Waals surface area contributed by atoms with Crippen molar-refractivity contribution in [1.82, 2.24) is 0 Å². The van der Waals surface area contributed by atoms with E-state index in [4.69, 9.17) is 4.74 Å². The first kappa shape index (κ1) is 11.2. The molecule has 0 saturated heterocycles. The fraction of sp³-hybridized carbons (Fsp3) is 0.500. The highest BCUT2D eigenvalue weighted by molar-refractivity contribution is 5.78. The molecule has 0 aromatic heterocycles. The summed E-state index contributed by atoms with van der Waals surface area (Å²) >= 11 is 0. The summed E-state index contributed by atoms with van der Waals surface area (Å²) in [6.07, 6.45) is 3.36. The lowest BCUT2D eigenvalue weighted by Crippen LogP contribution is -2.15. The standard InChI is InChI=1S/C14H18O2/c1-2-12(15)8-7-11-9-10-16-14-6-4-3-5-13(11)14/h3-6,11H,2,7-10H2,1H3. The third-order valence-electron chi connectivity index (χ3n) is 3.25. The van der Waals surface area contributed by atoms with E-state index in [1.165, 1.54) is 5.56 Å². The maximum absolute atomic E-state index is 11.3. The zero-order valence-electron chi connectivity index (χ0n) is 9.74. The van der Waals surface area contributed by atoms with Crippen LogP contribution in [0.2, 0.25) is 0 Å². The first-order valence-corrected chi connectivity index (χ1v) is 6.04. The molecule has 1 aliphatic rings. The molecule has 2 nitrogen and oxygen atoms in total. The highest BCUT2D eigenvalue weighted by Crippen LogP contribution is 2.36. The molecule has 0 amide bonds. The Morgan fingerprint density at radius 3 is 3.06 bits per heavy atom. The molecule has 16 heavy (non-hydrogen) atoms. The van der Waals surface area contributed by atoms with Crippen LogP contribution < -0.4 is 4.74 Å². The molecule has 86 valence electrons. The largest absolute Gasteiger partial charge is 0.493 e. The number of para-hydroxylation sites is 1. The van der Waals surface area contributed by atoms with E-state index >= 15 is 0 Å². The zero-order valence-corrected chi connectivity index (χ0v) is 9.74. The van der Waals surface area contributed by atoms with Crippen LogP contribution in [0.3, 0.4) is 0 Å². The molecule has 1 atom stereocenters. The topological polar surface area (TPSA) is 26.3 Å². The fourth-order valence-electron chi connectivity index (χ4n) is 2.23. The molecule has 0 N–H and O–H groups in total. The number of fused-ring (bicyclic) bond motifs is 1. The molecular weight excluding hydrogens is 200 g/mol. The van der Waals surface area contributed by atoms with Gasteiger partial charge in [-0.3, -0.25) is 4.79 Å². The molecule has 2 rings (SSSR count). The van der Waals surface area contributed by atoms with Crippen LogP contribution in [0.25, 0.3) is 0 Å². The third-order valence-corrected chi connectivity index (χ3v) is 3.25. The van der Waals surface area contributed by atoms with E-state index in [1.54, 1.807) is 0 Å². The van der Waals surface area contributed by atoms with Crippen molar-refractivity contribution in [2.75, 3.05) is 6.61 Å². The van der Waals surface area contributed by atoms with E-state index < -0.39 is 0 Å². The Hall–Kier alpha value is -1.31. The highest BCUT2D eigenvalue weighted by atomic mass is 16.5. The molecular formula is C14H18O2. The molecule has 0 bridgehead atoms. The lowest BCUT2D eigenvalue weighted by molar-refractivity contribution is -0.118. The summed E-state index contributed by atoms with van der Waals surface area (Å²) in [6, 6.07) is 8.18. The molecule has 1 unspecified atom stereocenters. The summed E-state index contributed by atoms with van der Waals surface area (Å²) in [5.74, 6) is 1.87. The summed E-state index contributed by atoms with van der Waals surface area (Å²) in [6.45, 7) is 2.71. The number of hydrogen-bond donors (Lipinski definition) is 0. The summed E-state index contributed by atoms with van der Waals surface area (Å²) in [5, 5.41) is 0. The maximum Gasteiger partial charge on any atom is 0.132 e. The average molecular weight is 218 g/mol. The molecule has 1 heterocycles. The van der Waals surface area contributed by atoms with Gasteiger partial charge in [0.05, 0.1) is 6.61 Å². The highest BCUT2D eigenvalue weighted by Gasteiger charge is 2.21.